The highest BCUT2D eigenvalue weighted by molar-refractivity contribution is 5.84. The number of carboxylic acids is 1. The Bertz CT molecular complexity index is 905. The van der Waals surface area contributed by atoms with E-state index >= 15 is 0 Å². The molecule has 25 heavy (non-hydrogen) atoms. The molecular weight excluding hydrogens is 339 g/mol. The summed E-state index contributed by atoms with van der Waals surface area (Å²) in [5.74, 6) is -0.924. The maximum absolute atomic E-state index is 12.8. The lowest BCUT2D eigenvalue weighted by Gasteiger charge is -2.09. The molecule has 0 saturated heterocycles. The van der Waals surface area contributed by atoms with Gasteiger partial charge in [-0.15, -0.1) is 5.10 Å². The van der Waals surface area contributed by atoms with E-state index in [1.807, 2.05) is 0 Å². The van der Waals surface area contributed by atoms with Crippen LogP contribution < -0.4 is 4.84 Å². The van der Waals surface area contributed by atoms with Crippen LogP contribution in [0.1, 0.15) is 16.1 Å². The lowest BCUT2D eigenvalue weighted by molar-refractivity contribution is -0.137. The predicted octanol–water partition coefficient (Wildman–Crippen LogP) is 3.50. The standard InChI is InChI=1S/C16H10F3N3O3/c17-16(18,19)12-3-1-2-11(8-12)10-4-6-13(7-5-10)25-22-9-14(15(23)24)20-21-22/h1-9H,(H,23,24). The summed E-state index contributed by atoms with van der Waals surface area (Å²) in [6.45, 7) is 0. The number of rotatable bonds is 4. The molecule has 0 bridgehead atoms. The fourth-order valence-electron chi connectivity index (χ4n) is 2.08. The van der Waals surface area contributed by atoms with Crippen molar-refractivity contribution in [1.82, 2.24) is 15.2 Å². The van der Waals surface area contributed by atoms with E-state index in [4.69, 9.17) is 9.94 Å². The Morgan fingerprint density at radius 2 is 1.80 bits per heavy atom. The number of carbonyl (C=O) groups is 1. The van der Waals surface area contributed by atoms with Crippen molar-refractivity contribution in [3.05, 3.63) is 66.0 Å². The number of aromatic carboxylic acids is 1. The van der Waals surface area contributed by atoms with Crippen molar-refractivity contribution in [3.63, 3.8) is 0 Å². The van der Waals surface area contributed by atoms with Gasteiger partial charge in [0.05, 0.1) is 5.56 Å². The number of carboxylic acid groups (broad SMARTS) is 1. The number of benzene rings is 2. The monoisotopic (exact) mass is 349 g/mol. The number of aromatic nitrogens is 3. The molecule has 3 rings (SSSR count). The van der Waals surface area contributed by atoms with Crippen molar-refractivity contribution in [2.24, 2.45) is 0 Å². The van der Waals surface area contributed by atoms with Crippen LogP contribution in [0.4, 0.5) is 13.2 Å². The Morgan fingerprint density at radius 3 is 2.40 bits per heavy atom. The first kappa shape index (κ1) is 16.5. The molecule has 1 N–H and O–H groups in total. The minimum atomic E-state index is -4.41. The summed E-state index contributed by atoms with van der Waals surface area (Å²) in [4.78, 5) is 16.9. The Balaban J connectivity index is 1.79. The van der Waals surface area contributed by atoms with E-state index in [1.54, 1.807) is 18.2 Å². The number of halogens is 3. The van der Waals surface area contributed by atoms with E-state index in [0.29, 0.717) is 16.9 Å². The average Bonchev–Trinajstić information content (AvgIpc) is 3.04. The van der Waals surface area contributed by atoms with Crippen molar-refractivity contribution < 1.29 is 27.9 Å². The molecule has 1 aromatic heterocycles. The Kier molecular flexibility index (Phi) is 4.14. The molecule has 128 valence electrons. The Hall–Kier alpha value is -3.36. The number of nitrogens with zero attached hydrogens (tertiary/aromatic N) is 3. The summed E-state index contributed by atoms with van der Waals surface area (Å²) < 4.78 is 38.3. The lowest BCUT2D eigenvalue weighted by Crippen LogP contribution is -2.06. The number of alkyl halides is 3. The molecule has 9 heteroatoms. The van der Waals surface area contributed by atoms with Crippen LogP contribution >= 0.6 is 0 Å². The van der Waals surface area contributed by atoms with Gasteiger partial charge in [0.2, 0.25) is 0 Å². The van der Waals surface area contributed by atoms with Crippen LogP contribution in [0.25, 0.3) is 11.1 Å². The van der Waals surface area contributed by atoms with E-state index in [1.165, 1.54) is 18.2 Å². The van der Waals surface area contributed by atoms with Gasteiger partial charge in [-0.05, 0) is 40.6 Å². The molecule has 0 saturated carbocycles. The summed E-state index contributed by atoms with van der Waals surface area (Å²) in [6, 6.07) is 11.2. The SMILES string of the molecule is O=C(O)c1cn(Oc2ccc(-c3cccc(C(F)(F)F)c3)cc2)nn1. The second-order valence-electron chi connectivity index (χ2n) is 5.01. The van der Waals surface area contributed by atoms with Gasteiger partial charge in [0.1, 0.15) is 6.20 Å². The fourth-order valence-corrected chi connectivity index (χ4v) is 2.08. The number of hydrogen-bond acceptors (Lipinski definition) is 4. The van der Waals surface area contributed by atoms with Crippen LogP contribution in [-0.2, 0) is 6.18 Å². The minimum absolute atomic E-state index is 0.277. The van der Waals surface area contributed by atoms with Crippen molar-refractivity contribution in [2.75, 3.05) is 0 Å². The van der Waals surface area contributed by atoms with E-state index in [-0.39, 0.29) is 5.69 Å². The molecular formula is C16H10F3N3O3. The van der Waals surface area contributed by atoms with Gasteiger partial charge in [-0.25, -0.2) is 4.79 Å². The second kappa shape index (κ2) is 6.27. The first-order chi connectivity index (χ1) is 11.8. The molecule has 0 aliphatic carbocycles. The fraction of sp³-hybridized carbons (Fsp3) is 0.0625. The van der Waals surface area contributed by atoms with Crippen molar-refractivity contribution in [3.8, 4) is 16.9 Å². The topological polar surface area (TPSA) is 77.2 Å². The number of hydrogen-bond donors (Lipinski definition) is 1. The molecule has 0 radical (unpaired) electrons. The molecule has 0 aliphatic rings. The van der Waals surface area contributed by atoms with Crippen molar-refractivity contribution in [2.45, 2.75) is 6.18 Å². The summed E-state index contributed by atoms with van der Waals surface area (Å²) in [5.41, 5.74) is -0.0201. The van der Waals surface area contributed by atoms with Gasteiger partial charge in [-0.2, -0.15) is 13.2 Å². The third kappa shape index (κ3) is 3.77. The molecule has 2 aromatic carbocycles. The third-order valence-corrected chi connectivity index (χ3v) is 3.27. The Labute approximate surface area is 139 Å². The predicted molar refractivity (Wildman–Crippen MR) is 79.9 cm³/mol. The summed E-state index contributed by atoms with van der Waals surface area (Å²) >= 11 is 0. The van der Waals surface area contributed by atoms with Gasteiger partial charge in [-0.3, -0.25) is 0 Å². The van der Waals surface area contributed by atoms with Crippen LogP contribution in [0.15, 0.2) is 54.7 Å². The smallest absolute Gasteiger partial charge is 0.416 e. The maximum atomic E-state index is 12.8. The first-order valence-electron chi connectivity index (χ1n) is 6.94. The highest BCUT2D eigenvalue weighted by Crippen LogP contribution is 2.32. The summed E-state index contributed by atoms with van der Waals surface area (Å²) in [6.07, 6.45) is -3.32. The van der Waals surface area contributed by atoms with Crippen LogP contribution in [0, 0.1) is 0 Å². The molecule has 6 nitrogen and oxygen atoms in total. The molecule has 1 heterocycles. The quantitative estimate of drug-likeness (QED) is 0.780. The second-order valence-corrected chi connectivity index (χ2v) is 5.01. The normalized spacial score (nSPS) is 11.3. The molecule has 0 amide bonds. The molecule has 0 spiro atoms. The van der Waals surface area contributed by atoms with Crippen LogP contribution in [0.3, 0.4) is 0 Å². The molecule has 0 unspecified atom stereocenters. The van der Waals surface area contributed by atoms with Gasteiger partial charge >= 0.3 is 12.1 Å². The molecule has 0 aliphatic heterocycles. The van der Waals surface area contributed by atoms with Crippen molar-refractivity contribution in [1.29, 1.82) is 0 Å². The zero-order valence-corrected chi connectivity index (χ0v) is 12.4. The van der Waals surface area contributed by atoms with Crippen LogP contribution in [0.2, 0.25) is 0 Å². The highest BCUT2D eigenvalue weighted by Gasteiger charge is 2.30. The third-order valence-electron chi connectivity index (χ3n) is 3.27. The van der Waals surface area contributed by atoms with Gasteiger partial charge in [0.25, 0.3) is 0 Å². The van der Waals surface area contributed by atoms with Crippen LogP contribution in [0.5, 0.6) is 5.75 Å². The largest absolute Gasteiger partial charge is 0.476 e. The first-order valence-corrected chi connectivity index (χ1v) is 6.94. The molecule has 0 atom stereocenters. The van der Waals surface area contributed by atoms with Gasteiger partial charge < -0.3 is 9.94 Å². The summed E-state index contributed by atoms with van der Waals surface area (Å²) in [7, 11) is 0. The van der Waals surface area contributed by atoms with Crippen LogP contribution in [-0.4, -0.2) is 26.2 Å². The van der Waals surface area contributed by atoms with Crippen molar-refractivity contribution >= 4 is 5.97 Å². The maximum Gasteiger partial charge on any atom is 0.416 e. The molecule has 0 fully saturated rings. The van der Waals surface area contributed by atoms with E-state index in [0.717, 1.165) is 23.2 Å². The van der Waals surface area contributed by atoms with Gasteiger partial charge in [0, 0.05) is 0 Å². The summed E-state index contributed by atoms with van der Waals surface area (Å²) in [5, 5.41) is 15.6. The van der Waals surface area contributed by atoms with Gasteiger partial charge in [-0.1, -0.05) is 29.1 Å². The Morgan fingerprint density at radius 1 is 1.08 bits per heavy atom. The van der Waals surface area contributed by atoms with E-state index in [9.17, 15) is 18.0 Å². The zero-order chi connectivity index (χ0) is 18.0. The molecule has 3 aromatic rings. The van der Waals surface area contributed by atoms with Gasteiger partial charge in [0.15, 0.2) is 11.4 Å². The average molecular weight is 349 g/mol. The highest BCUT2D eigenvalue weighted by atomic mass is 19.4. The van der Waals surface area contributed by atoms with E-state index < -0.39 is 17.7 Å². The van der Waals surface area contributed by atoms with E-state index in [2.05, 4.69) is 10.3 Å². The minimum Gasteiger partial charge on any atom is -0.476 e. The zero-order valence-electron chi connectivity index (χ0n) is 12.4. The lowest BCUT2D eigenvalue weighted by atomic mass is 10.0.